The Hall–Kier alpha value is -2.10. The quantitative estimate of drug-likeness (QED) is 0.689. The highest BCUT2D eigenvalue weighted by Gasteiger charge is 2.24. The van der Waals surface area contributed by atoms with E-state index in [0.717, 1.165) is 27.1 Å². The minimum atomic E-state index is -0.180. The van der Waals surface area contributed by atoms with Crippen molar-refractivity contribution in [3.63, 3.8) is 0 Å². The molecule has 1 aromatic heterocycles. The summed E-state index contributed by atoms with van der Waals surface area (Å²) in [6.07, 6.45) is 1.80. The van der Waals surface area contributed by atoms with Crippen molar-refractivity contribution in [3.05, 3.63) is 70.9 Å². The minimum absolute atomic E-state index is 0.118. The van der Waals surface area contributed by atoms with E-state index in [1.165, 1.54) is 0 Å². The van der Waals surface area contributed by atoms with Gasteiger partial charge in [-0.15, -0.1) is 0 Å². The highest BCUT2D eigenvalue weighted by Crippen LogP contribution is 2.21. The predicted molar refractivity (Wildman–Crippen MR) is 93.9 cm³/mol. The number of hydrogen-bond acceptors (Lipinski definition) is 1. The monoisotopic (exact) mass is 327 g/mol. The molecule has 3 nitrogen and oxygen atoms in total. The summed E-state index contributed by atoms with van der Waals surface area (Å²) in [6, 6.07) is 15.6. The SMILES string of the molecule is C[C@H]([NH2+][C@@H](C)c1ccccc1Cl)C(=O)c1c[nH]c2ccccc12. The zero-order valence-electron chi connectivity index (χ0n) is 13.2. The number of para-hydroxylation sites is 1. The van der Waals surface area contributed by atoms with Crippen molar-refractivity contribution in [1.29, 1.82) is 0 Å². The molecule has 0 saturated heterocycles. The summed E-state index contributed by atoms with van der Waals surface area (Å²) < 4.78 is 0. The molecule has 0 amide bonds. The van der Waals surface area contributed by atoms with Crippen molar-refractivity contribution < 1.29 is 10.1 Å². The molecule has 0 radical (unpaired) electrons. The van der Waals surface area contributed by atoms with Crippen molar-refractivity contribution in [2.45, 2.75) is 25.9 Å². The zero-order valence-corrected chi connectivity index (χ0v) is 14.0. The lowest BCUT2D eigenvalue weighted by molar-refractivity contribution is -0.709. The van der Waals surface area contributed by atoms with Crippen molar-refractivity contribution in [3.8, 4) is 0 Å². The Morgan fingerprint density at radius 1 is 1.09 bits per heavy atom. The molecule has 0 unspecified atom stereocenters. The fraction of sp³-hybridized carbons (Fsp3) is 0.211. The normalized spacial score (nSPS) is 13.9. The summed E-state index contributed by atoms with van der Waals surface area (Å²) in [7, 11) is 0. The summed E-state index contributed by atoms with van der Waals surface area (Å²) in [4.78, 5) is 15.9. The smallest absolute Gasteiger partial charge is 0.221 e. The van der Waals surface area contributed by atoms with E-state index in [1.54, 1.807) is 6.20 Å². The fourth-order valence-electron chi connectivity index (χ4n) is 2.99. The molecule has 0 spiro atoms. The molecule has 2 aromatic carbocycles. The number of carbonyl (C=O) groups is 1. The van der Waals surface area contributed by atoms with Gasteiger partial charge in [0.15, 0.2) is 0 Å². The molecule has 23 heavy (non-hydrogen) atoms. The summed E-state index contributed by atoms with van der Waals surface area (Å²) >= 11 is 6.25. The van der Waals surface area contributed by atoms with Crippen LogP contribution in [-0.2, 0) is 0 Å². The second kappa shape index (κ2) is 6.57. The number of rotatable bonds is 5. The van der Waals surface area contributed by atoms with Crippen molar-refractivity contribution in [2.75, 3.05) is 0 Å². The Morgan fingerprint density at radius 3 is 2.57 bits per heavy atom. The number of aromatic nitrogens is 1. The summed E-state index contributed by atoms with van der Waals surface area (Å²) in [5, 5.41) is 3.77. The van der Waals surface area contributed by atoms with Crippen LogP contribution in [0.25, 0.3) is 10.9 Å². The lowest BCUT2D eigenvalue weighted by Gasteiger charge is -2.17. The van der Waals surface area contributed by atoms with E-state index >= 15 is 0 Å². The van der Waals surface area contributed by atoms with Crippen molar-refractivity contribution >= 4 is 28.3 Å². The molecular formula is C19H20ClN2O+. The van der Waals surface area contributed by atoms with Crippen molar-refractivity contribution in [1.82, 2.24) is 4.98 Å². The number of carbonyl (C=O) groups excluding carboxylic acids is 1. The van der Waals surface area contributed by atoms with E-state index in [2.05, 4.69) is 17.2 Å². The average Bonchev–Trinajstić information content (AvgIpc) is 2.98. The number of nitrogens with two attached hydrogens (primary N) is 1. The van der Waals surface area contributed by atoms with E-state index < -0.39 is 0 Å². The fourth-order valence-corrected chi connectivity index (χ4v) is 3.30. The molecule has 0 aliphatic carbocycles. The largest absolute Gasteiger partial charge is 0.360 e. The first-order valence-electron chi connectivity index (χ1n) is 7.77. The second-order valence-corrected chi connectivity index (χ2v) is 6.31. The van der Waals surface area contributed by atoms with Crippen LogP contribution in [0.3, 0.4) is 0 Å². The van der Waals surface area contributed by atoms with Crippen LogP contribution < -0.4 is 5.32 Å². The second-order valence-electron chi connectivity index (χ2n) is 5.90. The molecular weight excluding hydrogens is 308 g/mol. The predicted octanol–water partition coefficient (Wildman–Crippen LogP) is 3.72. The summed E-state index contributed by atoms with van der Waals surface area (Å²) in [6.45, 7) is 4.01. The van der Waals surface area contributed by atoms with Crippen LogP contribution in [0, 0.1) is 0 Å². The van der Waals surface area contributed by atoms with Crippen LogP contribution in [0.5, 0.6) is 0 Å². The summed E-state index contributed by atoms with van der Waals surface area (Å²) in [5.41, 5.74) is 2.78. The van der Waals surface area contributed by atoms with Gasteiger partial charge in [0, 0.05) is 33.2 Å². The number of Topliss-reactive ketones (excluding diaryl/α,β-unsaturated/α-hetero) is 1. The number of aromatic amines is 1. The van der Waals surface area contributed by atoms with Gasteiger partial charge >= 0.3 is 0 Å². The van der Waals surface area contributed by atoms with Gasteiger partial charge in [0.25, 0.3) is 0 Å². The number of hydrogen-bond donors (Lipinski definition) is 2. The van der Waals surface area contributed by atoms with E-state index in [0.29, 0.717) is 0 Å². The number of H-pyrrole nitrogens is 1. The highest BCUT2D eigenvalue weighted by atomic mass is 35.5. The van der Waals surface area contributed by atoms with Crippen LogP contribution in [0.1, 0.15) is 35.8 Å². The Bertz CT molecular complexity index is 840. The number of fused-ring (bicyclic) bond motifs is 1. The third-order valence-corrected chi connectivity index (χ3v) is 4.59. The Morgan fingerprint density at radius 2 is 1.78 bits per heavy atom. The van der Waals surface area contributed by atoms with Gasteiger partial charge in [0.2, 0.25) is 5.78 Å². The van der Waals surface area contributed by atoms with Gasteiger partial charge in [-0.2, -0.15) is 0 Å². The molecule has 3 rings (SSSR count). The molecule has 3 aromatic rings. The highest BCUT2D eigenvalue weighted by molar-refractivity contribution is 6.31. The number of halogens is 1. The van der Waals surface area contributed by atoms with Gasteiger partial charge in [0.05, 0.1) is 0 Å². The van der Waals surface area contributed by atoms with Crippen LogP contribution >= 0.6 is 11.6 Å². The third-order valence-electron chi connectivity index (χ3n) is 4.24. The van der Waals surface area contributed by atoms with Gasteiger partial charge in [-0.1, -0.05) is 48.0 Å². The molecule has 0 aliphatic rings. The zero-order chi connectivity index (χ0) is 16.4. The van der Waals surface area contributed by atoms with E-state index in [9.17, 15) is 4.79 Å². The van der Waals surface area contributed by atoms with Crippen molar-refractivity contribution in [2.24, 2.45) is 0 Å². The molecule has 3 N–H and O–H groups in total. The molecule has 2 atom stereocenters. The molecule has 4 heteroatoms. The number of benzene rings is 2. The average molecular weight is 328 g/mol. The van der Waals surface area contributed by atoms with Crippen LogP contribution in [0.15, 0.2) is 54.7 Å². The van der Waals surface area contributed by atoms with Crippen LogP contribution in [0.2, 0.25) is 5.02 Å². The number of nitrogens with one attached hydrogen (secondary N) is 1. The third kappa shape index (κ3) is 3.16. The molecule has 0 fully saturated rings. The first-order chi connectivity index (χ1) is 11.1. The summed E-state index contributed by atoms with van der Waals surface area (Å²) in [5.74, 6) is 0.126. The molecule has 1 heterocycles. The van der Waals surface area contributed by atoms with Gasteiger partial charge < -0.3 is 10.3 Å². The van der Waals surface area contributed by atoms with Crippen LogP contribution in [-0.4, -0.2) is 16.8 Å². The minimum Gasteiger partial charge on any atom is -0.360 e. The first kappa shape index (κ1) is 15.8. The lowest BCUT2D eigenvalue weighted by Crippen LogP contribution is -2.91. The lowest BCUT2D eigenvalue weighted by atomic mass is 10.0. The van der Waals surface area contributed by atoms with E-state index in [4.69, 9.17) is 11.6 Å². The maximum Gasteiger partial charge on any atom is 0.221 e. The molecule has 0 saturated carbocycles. The molecule has 0 aliphatic heterocycles. The topological polar surface area (TPSA) is 49.5 Å². The Kier molecular flexibility index (Phi) is 4.51. The van der Waals surface area contributed by atoms with Gasteiger partial charge in [-0.05, 0) is 26.0 Å². The van der Waals surface area contributed by atoms with E-state index in [-0.39, 0.29) is 17.9 Å². The molecule has 118 valence electrons. The Balaban J connectivity index is 1.79. The standard InChI is InChI=1S/C19H19ClN2O/c1-12(14-7-3-5-9-17(14)20)22-13(2)19(23)16-11-21-18-10-6-4-8-15(16)18/h3-13,21-22H,1-2H3/p+1/t12-,13-/m0/s1. The van der Waals surface area contributed by atoms with Crippen LogP contribution in [0.4, 0.5) is 0 Å². The van der Waals surface area contributed by atoms with E-state index in [1.807, 2.05) is 55.5 Å². The maximum atomic E-state index is 12.8. The van der Waals surface area contributed by atoms with Gasteiger partial charge in [-0.25, -0.2) is 0 Å². The maximum absolute atomic E-state index is 12.8. The number of ketones is 1. The first-order valence-corrected chi connectivity index (χ1v) is 8.15. The Labute approximate surface area is 140 Å². The number of quaternary nitrogens is 1. The van der Waals surface area contributed by atoms with Gasteiger partial charge in [0.1, 0.15) is 12.1 Å². The van der Waals surface area contributed by atoms with Gasteiger partial charge in [-0.3, -0.25) is 4.79 Å². The molecule has 0 bridgehead atoms.